The van der Waals surface area contributed by atoms with E-state index in [1.54, 1.807) is 12.1 Å². The molecule has 0 atom stereocenters. The van der Waals surface area contributed by atoms with E-state index in [4.69, 9.17) is 4.74 Å². The minimum atomic E-state index is -0.220. The van der Waals surface area contributed by atoms with Gasteiger partial charge in [0.1, 0.15) is 11.5 Å². The van der Waals surface area contributed by atoms with Crippen LogP contribution in [0.25, 0.3) is 0 Å². The molecule has 0 saturated heterocycles. The molecule has 1 aromatic carbocycles. The lowest BCUT2D eigenvalue weighted by molar-refractivity contribution is 0.0941. The number of rotatable bonds is 6. The first-order valence-corrected chi connectivity index (χ1v) is 6.75. The monoisotopic (exact) mass is 263 g/mol. The van der Waals surface area contributed by atoms with Gasteiger partial charge in [-0.05, 0) is 36.8 Å². The van der Waals surface area contributed by atoms with Crippen molar-refractivity contribution in [1.29, 1.82) is 0 Å². The van der Waals surface area contributed by atoms with Gasteiger partial charge in [0.15, 0.2) is 0 Å². The number of ether oxygens (including phenoxy) is 1. The number of amides is 1. The first-order valence-electron chi connectivity index (χ1n) is 6.75. The van der Waals surface area contributed by atoms with Gasteiger partial charge in [-0.25, -0.2) is 0 Å². The molecule has 4 heteroatoms. The van der Waals surface area contributed by atoms with Crippen LogP contribution < -0.4 is 10.1 Å². The van der Waals surface area contributed by atoms with Crippen molar-refractivity contribution < 1.29 is 14.6 Å². The van der Waals surface area contributed by atoms with Gasteiger partial charge >= 0.3 is 0 Å². The molecule has 1 aromatic rings. The second kappa shape index (κ2) is 5.51. The molecule has 1 saturated carbocycles. The van der Waals surface area contributed by atoms with Crippen molar-refractivity contribution in [2.24, 2.45) is 5.41 Å². The van der Waals surface area contributed by atoms with Gasteiger partial charge in [0.2, 0.25) is 0 Å². The summed E-state index contributed by atoms with van der Waals surface area (Å²) < 4.78 is 4.99. The normalized spacial score (nSPS) is 15.9. The first-order chi connectivity index (χ1) is 9.10. The first kappa shape index (κ1) is 13.7. The van der Waals surface area contributed by atoms with Crippen LogP contribution in [-0.4, -0.2) is 24.7 Å². The molecule has 1 fully saturated rings. The summed E-state index contributed by atoms with van der Waals surface area (Å²) in [6.07, 6.45) is 4.68. The van der Waals surface area contributed by atoms with Gasteiger partial charge < -0.3 is 15.2 Å². The number of hydrogen-bond acceptors (Lipinski definition) is 3. The van der Waals surface area contributed by atoms with Crippen molar-refractivity contribution >= 4 is 5.91 Å². The summed E-state index contributed by atoms with van der Waals surface area (Å²) >= 11 is 0. The van der Waals surface area contributed by atoms with Crippen LogP contribution in [0, 0.1) is 5.41 Å². The molecule has 0 unspecified atom stereocenters. The zero-order valence-electron chi connectivity index (χ0n) is 11.5. The highest BCUT2D eigenvalue weighted by Gasteiger charge is 2.41. The molecule has 0 heterocycles. The molecule has 4 nitrogen and oxygen atoms in total. The van der Waals surface area contributed by atoms with Crippen LogP contribution in [0.15, 0.2) is 18.2 Å². The summed E-state index contributed by atoms with van der Waals surface area (Å²) in [4.78, 5) is 12.0. The van der Waals surface area contributed by atoms with Crippen LogP contribution in [0.5, 0.6) is 11.5 Å². The predicted octanol–water partition coefficient (Wildman–Crippen LogP) is 2.71. The van der Waals surface area contributed by atoms with Gasteiger partial charge in [-0.3, -0.25) is 4.79 Å². The third-order valence-corrected chi connectivity index (χ3v) is 3.81. The Morgan fingerprint density at radius 3 is 2.74 bits per heavy atom. The number of carbonyl (C=O) groups excluding carboxylic acids is 1. The fourth-order valence-electron chi connectivity index (χ4n) is 2.42. The zero-order valence-corrected chi connectivity index (χ0v) is 11.5. The standard InChI is InChI=1S/C15H21NO3/c1-3-6-15(7-8-15)10-16-14(18)12-5-4-11(19-2)9-13(12)17/h4-5,9,17H,3,6-8,10H2,1-2H3,(H,16,18). The van der Waals surface area contributed by atoms with Crippen LogP contribution in [0.1, 0.15) is 43.0 Å². The Bertz CT molecular complexity index is 466. The Kier molecular flexibility index (Phi) is 3.98. The van der Waals surface area contributed by atoms with Crippen LogP contribution >= 0.6 is 0 Å². The van der Waals surface area contributed by atoms with E-state index in [1.165, 1.54) is 26.0 Å². The fourth-order valence-corrected chi connectivity index (χ4v) is 2.42. The van der Waals surface area contributed by atoms with E-state index in [0.717, 1.165) is 12.8 Å². The smallest absolute Gasteiger partial charge is 0.255 e. The minimum absolute atomic E-state index is 0.0443. The van der Waals surface area contributed by atoms with Crippen LogP contribution in [0.4, 0.5) is 0 Å². The molecule has 0 aliphatic heterocycles. The van der Waals surface area contributed by atoms with Crippen molar-refractivity contribution in [3.05, 3.63) is 23.8 Å². The Morgan fingerprint density at radius 2 is 2.21 bits per heavy atom. The average Bonchev–Trinajstić information content (AvgIpc) is 3.16. The topological polar surface area (TPSA) is 58.6 Å². The Hall–Kier alpha value is -1.71. The number of benzene rings is 1. The van der Waals surface area contributed by atoms with Gasteiger partial charge in [-0.2, -0.15) is 0 Å². The third kappa shape index (κ3) is 3.19. The summed E-state index contributed by atoms with van der Waals surface area (Å²) in [7, 11) is 1.52. The van der Waals surface area contributed by atoms with E-state index in [2.05, 4.69) is 12.2 Å². The molecular formula is C15H21NO3. The fraction of sp³-hybridized carbons (Fsp3) is 0.533. The molecule has 0 aromatic heterocycles. The molecule has 104 valence electrons. The molecule has 19 heavy (non-hydrogen) atoms. The highest BCUT2D eigenvalue weighted by atomic mass is 16.5. The summed E-state index contributed by atoms with van der Waals surface area (Å²) in [5.74, 6) is 0.276. The highest BCUT2D eigenvalue weighted by molar-refractivity contribution is 5.97. The zero-order chi connectivity index (χ0) is 13.9. The lowest BCUT2D eigenvalue weighted by Crippen LogP contribution is -2.30. The maximum atomic E-state index is 12.0. The second-order valence-corrected chi connectivity index (χ2v) is 5.32. The van der Waals surface area contributed by atoms with Gasteiger partial charge in [0.25, 0.3) is 5.91 Å². The van der Waals surface area contributed by atoms with E-state index < -0.39 is 0 Å². The Balaban J connectivity index is 1.96. The quantitative estimate of drug-likeness (QED) is 0.829. The molecule has 1 amide bonds. The molecule has 1 aliphatic rings. The predicted molar refractivity (Wildman–Crippen MR) is 73.6 cm³/mol. The molecule has 0 bridgehead atoms. The van der Waals surface area contributed by atoms with Crippen molar-refractivity contribution in [2.75, 3.05) is 13.7 Å². The van der Waals surface area contributed by atoms with Crippen molar-refractivity contribution in [3.8, 4) is 11.5 Å². The molecular weight excluding hydrogens is 242 g/mol. The Morgan fingerprint density at radius 1 is 1.47 bits per heavy atom. The number of hydrogen-bond donors (Lipinski definition) is 2. The number of nitrogens with one attached hydrogen (secondary N) is 1. The van der Waals surface area contributed by atoms with E-state index in [9.17, 15) is 9.90 Å². The lowest BCUT2D eigenvalue weighted by Gasteiger charge is -2.15. The number of phenols is 1. The van der Waals surface area contributed by atoms with Crippen molar-refractivity contribution in [2.45, 2.75) is 32.6 Å². The molecule has 1 aliphatic carbocycles. The third-order valence-electron chi connectivity index (χ3n) is 3.81. The summed E-state index contributed by atoms with van der Waals surface area (Å²) in [6, 6.07) is 4.71. The molecule has 0 spiro atoms. The van der Waals surface area contributed by atoms with E-state index in [-0.39, 0.29) is 11.7 Å². The van der Waals surface area contributed by atoms with Gasteiger partial charge in [-0.15, -0.1) is 0 Å². The van der Waals surface area contributed by atoms with Crippen molar-refractivity contribution in [3.63, 3.8) is 0 Å². The second-order valence-electron chi connectivity index (χ2n) is 5.32. The summed E-state index contributed by atoms with van der Waals surface area (Å²) in [5, 5.41) is 12.7. The van der Waals surface area contributed by atoms with E-state index in [0.29, 0.717) is 23.3 Å². The number of aromatic hydroxyl groups is 1. The van der Waals surface area contributed by atoms with Crippen molar-refractivity contribution in [1.82, 2.24) is 5.32 Å². The molecule has 2 N–H and O–H groups in total. The highest BCUT2D eigenvalue weighted by Crippen LogP contribution is 2.48. The molecule has 0 radical (unpaired) electrons. The maximum absolute atomic E-state index is 12.0. The number of methoxy groups -OCH3 is 1. The van der Waals surface area contributed by atoms with Crippen LogP contribution in [0.3, 0.4) is 0 Å². The van der Waals surface area contributed by atoms with Gasteiger partial charge in [0.05, 0.1) is 12.7 Å². The Labute approximate surface area is 113 Å². The van der Waals surface area contributed by atoms with Crippen LogP contribution in [0.2, 0.25) is 0 Å². The number of phenolic OH excluding ortho intramolecular Hbond substituents is 1. The largest absolute Gasteiger partial charge is 0.507 e. The SMILES string of the molecule is CCCC1(CNC(=O)c2ccc(OC)cc2O)CC1. The van der Waals surface area contributed by atoms with E-state index >= 15 is 0 Å². The van der Waals surface area contributed by atoms with E-state index in [1.807, 2.05) is 0 Å². The summed E-state index contributed by atoms with van der Waals surface area (Å²) in [6.45, 7) is 2.86. The van der Waals surface area contributed by atoms with Gasteiger partial charge in [0, 0.05) is 12.6 Å². The maximum Gasteiger partial charge on any atom is 0.255 e. The van der Waals surface area contributed by atoms with Gasteiger partial charge in [-0.1, -0.05) is 13.3 Å². The number of carbonyl (C=O) groups is 1. The summed E-state index contributed by atoms with van der Waals surface area (Å²) in [5.41, 5.74) is 0.611. The molecule has 2 rings (SSSR count). The van der Waals surface area contributed by atoms with Crippen LogP contribution in [-0.2, 0) is 0 Å². The average molecular weight is 263 g/mol. The lowest BCUT2D eigenvalue weighted by atomic mass is 10.0. The minimum Gasteiger partial charge on any atom is -0.507 e.